The van der Waals surface area contributed by atoms with E-state index in [4.69, 9.17) is 4.18 Å². The molecule has 1 heterocycles. The maximum absolute atomic E-state index is 12.3. The second-order valence-corrected chi connectivity index (χ2v) is 7.13. The van der Waals surface area contributed by atoms with E-state index in [1.165, 1.54) is 5.56 Å². The minimum Gasteiger partial charge on any atom is -0.382 e. The number of rotatable bonds is 3. The van der Waals surface area contributed by atoms with E-state index in [9.17, 15) is 8.42 Å². The monoisotopic (exact) mass is 317 g/mol. The Kier molecular flexibility index (Phi) is 4.18. The minimum atomic E-state index is -3.72. The highest BCUT2D eigenvalue weighted by Crippen LogP contribution is 2.24. The van der Waals surface area contributed by atoms with Crippen molar-refractivity contribution in [2.45, 2.75) is 30.8 Å². The van der Waals surface area contributed by atoms with Crippen molar-refractivity contribution >= 4 is 15.8 Å². The molecule has 2 aromatic rings. The van der Waals surface area contributed by atoms with Gasteiger partial charge in [-0.1, -0.05) is 35.9 Å². The predicted molar refractivity (Wildman–Crippen MR) is 86.5 cm³/mol. The largest absolute Gasteiger partial charge is 0.382 e. The van der Waals surface area contributed by atoms with Crippen molar-refractivity contribution in [3.63, 3.8) is 0 Å². The fourth-order valence-electron chi connectivity index (χ4n) is 2.57. The van der Waals surface area contributed by atoms with Crippen LogP contribution in [0.15, 0.2) is 53.4 Å². The number of hydrogen-bond acceptors (Lipinski definition) is 4. The van der Waals surface area contributed by atoms with Crippen LogP contribution in [0.1, 0.15) is 17.5 Å². The normalized spacial score (nSPS) is 18.1. The average Bonchev–Trinajstić information content (AvgIpc) is 2.70. The van der Waals surface area contributed by atoms with Crippen LogP contribution < -0.4 is 5.32 Å². The lowest BCUT2D eigenvalue weighted by molar-refractivity contribution is 0.213. The molecule has 2 aromatic carbocycles. The summed E-state index contributed by atoms with van der Waals surface area (Å²) in [4.78, 5) is 0.208. The van der Waals surface area contributed by atoms with Gasteiger partial charge in [-0.2, -0.15) is 8.42 Å². The predicted octanol–water partition coefficient (Wildman–Crippen LogP) is 3.13. The van der Waals surface area contributed by atoms with Crippen LogP contribution in [0.2, 0.25) is 0 Å². The highest BCUT2D eigenvalue weighted by Gasteiger charge is 2.23. The van der Waals surface area contributed by atoms with E-state index in [2.05, 4.69) is 11.4 Å². The molecule has 4 nitrogen and oxygen atoms in total. The standard InChI is InChI=1S/C17H19NO3S/c1-13-6-10-16(11-7-13)22(19,20)21-15-9-8-14-4-2-3-5-17(14)18-12-15/h2-7,10-11,15,18H,8-9,12H2,1H3. The van der Waals surface area contributed by atoms with Crippen molar-refractivity contribution in [3.05, 3.63) is 59.7 Å². The molecule has 1 N–H and O–H groups in total. The first kappa shape index (κ1) is 15.1. The van der Waals surface area contributed by atoms with Crippen LogP contribution in [0.3, 0.4) is 0 Å². The number of aryl methyl sites for hydroxylation is 2. The highest BCUT2D eigenvalue weighted by molar-refractivity contribution is 7.86. The lowest BCUT2D eigenvalue weighted by Crippen LogP contribution is -2.25. The van der Waals surface area contributed by atoms with Gasteiger partial charge in [0.15, 0.2) is 0 Å². The SMILES string of the molecule is Cc1ccc(S(=O)(=O)OC2CCc3ccccc3NC2)cc1. The second kappa shape index (κ2) is 6.10. The molecule has 0 aromatic heterocycles. The van der Waals surface area contributed by atoms with Gasteiger partial charge >= 0.3 is 0 Å². The summed E-state index contributed by atoms with van der Waals surface area (Å²) < 4.78 is 30.1. The number of fused-ring (bicyclic) bond motifs is 1. The van der Waals surface area contributed by atoms with Crippen molar-refractivity contribution in [1.29, 1.82) is 0 Å². The van der Waals surface area contributed by atoms with Gasteiger partial charge in [-0.25, -0.2) is 0 Å². The van der Waals surface area contributed by atoms with Gasteiger partial charge in [-0.3, -0.25) is 4.18 Å². The lowest BCUT2D eigenvalue weighted by Gasteiger charge is -2.15. The molecule has 1 aliphatic rings. The summed E-state index contributed by atoms with van der Waals surface area (Å²) >= 11 is 0. The number of para-hydroxylation sites is 1. The Bertz CT molecular complexity index is 727. The summed E-state index contributed by atoms with van der Waals surface area (Å²) in [7, 11) is -3.72. The van der Waals surface area contributed by atoms with Crippen LogP contribution in [0, 0.1) is 6.92 Å². The Labute approximate surface area is 131 Å². The van der Waals surface area contributed by atoms with Gasteiger partial charge in [-0.15, -0.1) is 0 Å². The van der Waals surface area contributed by atoms with Gasteiger partial charge < -0.3 is 5.32 Å². The highest BCUT2D eigenvalue weighted by atomic mass is 32.2. The van der Waals surface area contributed by atoms with Gasteiger partial charge in [0.25, 0.3) is 10.1 Å². The lowest BCUT2D eigenvalue weighted by atomic mass is 10.1. The van der Waals surface area contributed by atoms with E-state index in [0.29, 0.717) is 13.0 Å². The zero-order valence-corrected chi connectivity index (χ0v) is 13.3. The van der Waals surface area contributed by atoms with Crippen LogP contribution in [-0.2, 0) is 20.7 Å². The summed E-state index contributed by atoms with van der Waals surface area (Å²) in [6.07, 6.45) is 1.12. The van der Waals surface area contributed by atoms with Crippen molar-refractivity contribution in [2.24, 2.45) is 0 Å². The van der Waals surface area contributed by atoms with Gasteiger partial charge in [0.2, 0.25) is 0 Å². The fourth-order valence-corrected chi connectivity index (χ4v) is 3.68. The van der Waals surface area contributed by atoms with Crippen molar-refractivity contribution in [2.75, 3.05) is 11.9 Å². The molecule has 0 saturated carbocycles. The first-order valence-corrected chi connectivity index (χ1v) is 8.77. The summed E-state index contributed by atoms with van der Waals surface area (Å²) in [5.41, 5.74) is 3.27. The molecule has 0 aliphatic carbocycles. The zero-order chi connectivity index (χ0) is 15.6. The maximum Gasteiger partial charge on any atom is 0.297 e. The number of nitrogens with one attached hydrogen (secondary N) is 1. The number of benzene rings is 2. The second-order valence-electron chi connectivity index (χ2n) is 5.56. The van der Waals surface area contributed by atoms with E-state index in [1.807, 2.05) is 25.1 Å². The zero-order valence-electron chi connectivity index (χ0n) is 12.5. The molecule has 0 spiro atoms. The molecule has 1 aliphatic heterocycles. The summed E-state index contributed by atoms with van der Waals surface area (Å²) in [6.45, 7) is 2.41. The molecule has 5 heteroatoms. The topological polar surface area (TPSA) is 55.4 Å². The van der Waals surface area contributed by atoms with Crippen LogP contribution in [-0.4, -0.2) is 21.1 Å². The third-order valence-electron chi connectivity index (χ3n) is 3.85. The summed E-state index contributed by atoms with van der Waals surface area (Å²) in [6, 6.07) is 14.7. The van der Waals surface area contributed by atoms with Crippen LogP contribution in [0.4, 0.5) is 5.69 Å². The Balaban J connectivity index is 1.72. The van der Waals surface area contributed by atoms with Crippen molar-refractivity contribution in [3.8, 4) is 0 Å². The quantitative estimate of drug-likeness (QED) is 0.884. The van der Waals surface area contributed by atoms with Crippen molar-refractivity contribution in [1.82, 2.24) is 0 Å². The average molecular weight is 317 g/mol. The van der Waals surface area contributed by atoms with Gasteiger partial charge in [0, 0.05) is 12.2 Å². The Hall–Kier alpha value is -1.85. The molecule has 0 fully saturated rings. The first-order chi connectivity index (χ1) is 10.5. The van der Waals surface area contributed by atoms with Crippen molar-refractivity contribution < 1.29 is 12.6 Å². The molecule has 1 unspecified atom stereocenters. The molecule has 116 valence electrons. The van der Waals surface area contributed by atoms with Crippen LogP contribution in [0.5, 0.6) is 0 Å². The van der Waals surface area contributed by atoms with Gasteiger partial charge in [0.05, 0.1) is 11.0 Å². The summed E-state index contributed by atoms with van der Waals surface area (Å²) in [5, 5.41) is 3.27. The first-order valence-electron chi connectivity index (χ1n) is 7.36. The van der Waals surface area contributed by atoms with E-state index in [0.717, 1.165) is 17.7 Å². The summed E-state index contributed by atoms with van der Waals surface area (Å²) in [5.74, 6) is 0. The maximum atomic E-state index is 12.3. The fraction of sp³-hybridized carbons (Fsp3) is 0.294. The molecule has 1 atom stereocenters. The molecular formula is C17H19NO3S. The smallest absolute Gasteiger partial charge is 0.297 e. The number of hydrogen-bond donors (Lipinski definition) is 1. The Morgan fingerprint density at radius 1 is 1.09 bits per heavy atom. The van der Waals surface area contributed by atoms with Crippen LogP contribution >= 0.6 is 0 Å². The third kappa shape index (κ3) is 3.31. The van der Waals surface area contributed by atoms with E-state index in [-0.39, 0.29) is 11.0 Å². The molecular weight excluding hydrogens is 298 g/mol. The molecule has 0 amide bonds. The molecule has 3 rings (SSSR count). The third-order valence-corrected chi connectivity index (χ3v) is 5.22. The van der Waals surface area contributed by atoms with Gasteiger partial charge in [-0.05, 0) is 43.5 Å². The molecule has 0 radical (unpaired) electrons. The van der Waals surface area contributed by atoms with E-state index >= 15 is 0 Å². The minimum absolute atomic E-state index is 0.208. The van der Waals surface area contributed by atoms with E-state index in [1.54, 1.807) is 24.3 Å². The van der Waals surface area contributed by atoms with E-state index < -0.39 is 10.1 Å². The molecule has 22 heavy (non-hydrogen) atoms. The molecule has 0 saturated heterocycles. The van der Waals surface area contributed by atoms with Crippen LogP contribution in [0.25, 0.3) is 0 Å². The van der Waals surface area contributed by atoms with Gasteiger partial charge in [0.1, 0.15) is 0 Å². The Morgan fingerprint density at radius 2 is 1.82 bits per heavy atom. The Morgan fingerprint density at radius 3 is 2.59 bits per heavy atom. The molecule has 0 bridgehead atoms. The number of anilines is 1.